The molecule has 0 aliphatic carbocycles. The summed E-state index contributed by atoms with van der Waals surface area (Å²) in [5.41, 5.74) is 2.31. The van der Waals surface area contributed by atoms with Crippen LogP contribution in [0.1, 0.15) is 59.6 Å². The van der Waals surface area contributed by atoms with E-state index in [0.717, 1.165) is 22.4 Å². The molecule has 150 valence electrons. The lowest BCUT2D eigenvalue weighted by Crippen LogP contribution is -2.29. The quantitative estimate of drug-likeness (QED) is 0.654. The van der Waals surface area contributed by atoms with Gasteiger partial charge in [-0.3, -0.25) is 9.59 Å². The number of aryl methyl sites for hydroxylation is 2. The molecule has 28 heavy (non-hydrogen) atoms. The van der Waals surface area contributed by atoms with Crippen LogP contribution in [0.4, 0.5) is 5.00 Å². The number of carbonyl (C=O) groups excluding carboxylic acids is 3. The number of carbonyl (C=O) groups is 3. The van der Waals surface area contributed by atoms with Crippen LogP contribution in [-0.4, -0.2) is 24.4 Å². The SMILES string of the molecule is CCOC(=O)c1cc(CC)sc1NC(=O)C[C@H](NC(C)=O)c1ccc(C)cc1. The molecule has 0 spiro atoms. The first-order valence-corrected chi connectivity index (χ1v) is 10.1. The number of amides is 2. The molecule has 1 heterocycles. The van der Waals surface area contributed by atoms with Gasteiger partial charge in [0.05, 0.1) is 24.6 Å². The molecule has 0 aliphatic rings. The third-order valence-electron chi connectivity index (χ3n) is 4.13. The summed E-state index contributed by atoms with van der Waals surface area (Å²) in [6.45, 7) is 7.38. The molecular formula is C21H26N2O4S. The van der Waals surface area contributed by atoms with E-state index >= 15 is 0 Å². The summed E-state index contributed by atoms with van der Waals surface area (Å²) < 4.78 is 5.08. The number of esters is 1. The van der Waals surface area contributed by atoms with Crippen molar-refractivity contribution in [2.75, 3.05) is 11.9 Å². The number of rotatable bonds is 8. The van der Waals surface area contributed by atoms with Crippen LogP contribution in [0.2, 0.25) is 0 Å². The van der Waals surface area contributed by atoms with E-state index in [9.17, 15) is 14.4 Å². The lowest BCUT2D eigenvalue weighted by Gasteiger charge is -2.18. The largest absolute Gasteiger partial charge is 0.462 e. The van der Waals surface area contributed by atoms with Crippen molar-refractivity contribution in [1.82, 2.24) is 5.32 Å². The maximum absolute atomic E-state index is 12.7. The molecule has 1 aromatic carbocycles. The molecule has 2 N–H and O–H groups in total. The molecule has 2 aromatic rings. The van der Waals surface area contributed by atoms with Crippen LogP contribution in [0.5, 0.6) is 0 Å². The minimum Gasteiger partial charge on any atom is -0.462 e. The average Bonchev–Trinajstić information content (AvgIpc) is 3.04. The van der Waals surface area contributed by atoms with Crippen LogP contribution in [0, 0.1) is 6.92 Å². The Kier molecular flexibility index (Phi) is 7.75. The van der Waals surface area contributed by atoms with E-state index in [1.165, 1.54) is 18.3 Å². The second-order valence-corrected chi connectivity index (χ2v) is 7.58. The lowest BCUT2D eigenvalue weighted by molar-refractivity contribution is -0.120. The summed E-state index contributed by atoms with van der Waals surface area (Å²) in [5.74, 6) is -0.949. The second-order valence-electron chi connectivity index (χ2n) is 6.45. The summed E-state index contributed by atoms with van der Waals surface area (Å²) >= 11 is 1.36. The summed E-state index contributed by atoms with van der Waals surface area (Å²) in [6.07, 6.45) is 0.815. The van der Waals surface area contributed by atoms with Gasteiger partial charge in [-0.15, -0.1) is 11.3 Å². The van der Waals surface area contributed by atoms with Crippen molar-refractivity contribution in [2.24, 2.45) is 0 Å². The molecule has 6 nitrogen and oxygen atoms in total. The average molecular weight is 403 g/mol. The van der Waals surface area contributed by atoms with Crippen LogP contribution in [0.3, 0.4) is 0 Å². The molecule has 0 unspecified atom stereocenters. The summed E-state index contributed by atoms with van der Waals surface area (Å²) in [7, 11) is 0. The van der Waals surface area contributed by atoms with Gasteiger partial charge in [-0.1, -0.05) is 36.8 Å². The number of anilines is 1. The maximum Gasteiger partial charge on any atom is 0.341 e. The van der Waals surface area contributed by atoms with E-state index in [1.807, 2.05) is 38.1 Å². The Labute approximate surface area is 169 Å². The van der Waals surface area contributed by atoms with Gasteiger partial charge >= 0.3 is 5.97 Å². The fraction of sp³-hybridized carbons (Fsp3) is 0.381. The molecule has 0 aliphatic heterocycles. The van der Waals surface area contributed by atoms with Crippen molar-refractivity contribution in [2.45, 2.75) is 46.6 Å². The molecule has 0 saturated heterocycles. The Hall–Kier alpha value is -2.67. The lowest BCUT2D eigenvalue weighted by atomic mass is 10.0. The maximum atomic E-state index is 12.7. The van der Waals surface area contributed by atoms with Crippen LogP contribution in [-0.2, 0) is 20.7 Å². The van der Waals surface area contributed by atoms with E-state index in [0.29, 0.717) is 10.6 Å². The van der Waals surface area contributed by atoms with Gasteiger partial charge in [0.2, 0.25) is 11.8 Å². The Balaban J connectivity index is 2.18. The zero-order valence-electron chi connectivity index (χ0n) is 16.6. The Morgan fingerprint density at radius 1 is 1.14 bits per heavy atom. The normalized spacial score (nSPS) is 11.6. The smallest absolute Gasteiger partial charge is 0.341 e. The predicted octanol–water partition coefficient (Wildman–Crippen LogP) is 4.00. The van der Waals surface area contributed by atoms with Crippen molar-refractivity contribution in [3.05, 3.63) is 51.9 Å². The van der Waals surface area contributed by atoms with Crippen LogP contribution >= 0.6 is 11.3 Å². The molecule has 7 heteroatoms. The van der Waals surface area contributed by atoms with Gasteiger partial charge in [0.1, 0.15) is 5.00 Å². The highest BCUT2D eigenvalue weighted by atomic mass is 32.1. The van der Waals surface area contributed by atoms with E-state index in [-0.39, 0.29) is 24.8 Å². The molecule has 0 saturated carbocycles. The van der Waals surface area contributed by atoms with E-state index in [2.05, 4.69) is 10.6 Å². The van der Waals surface area contributed by atoms with Crippen molar-refractivity contribution < 1.29 is 19.1 Å². The molecular weight excluding hydrogens is 376 g/mol. The number of thiophene rings is 1. The van der Waals surface area contributed by atoms with Gasteiger partial charge in [-0.25, -0.2) is 4.79 Å². The zero-order valence-corrected chi connectivity index (χ0v) is 17.4. The Morgan fingerprint density at radius 3 is 2.39 bits per heavy atom. The van der Waals surface area contributed by atoms with Crippen molar-refractivity contribution in [3.63, 3.8) is 0 Å². The fourth-order valence-corrected chi connectivity index (χ4v) is 3.73. The summed E-state index contributed by atoms with van der Waals surface area (Å²) in [4.78, 5) is 37.4. The molecule has 1 aromatic heterocycles. The van der Waals surface area contributed by atoms with Crippen LogP contribution in [0.15, 0.2) is 30.3 Å². The summed E-state index contributed by atoms with van der Waals surface area (Å²) in [6, 6.07) is 8.97. The topological polar surface area (TPSA) is 84.5 Å². The number of nitrogens with one attached hydrogen (secondary N) is 2. The number of hydrogen-bond acceptors (Lipinski definition) is 5. The van der Waals surface area contributed by atoms with Crippen LogP contribution < -0.4 is 10.6 Å². The zero-order chi connectivity index (χ0) is 20.7. The van der Waals surface area contributed by atoms with E-state index in [1.54, 1.807) is 13.0 Å². The molecule has 2 amide bonds. The monoisotopic (exact) mass is 402 g/mol. The van der Waals surface area contributed by atoms with E-state index in [4.69, 9.17) is 4.74 Å². The number of ether oxygens (including phenoxy) is 1. The Bertz CT molecular complexity index is 843. The Morgan fingerprint density at radius 2 is 1.82 bits per heavy atom. The van der Waals surface area contributed by atoms with E-state index < -0.39 is 12.0 Å². The van der Waals surface area contributed by atoms with Gasteiger partial charge < -0.3 is 15.4 Å². The highest BCUT2D eigenvalue weighted by Gasteiger charge is 2.21. The van der Waals surface area contributed by atoms with Crippen molar-refractivity contribution in [1.29, 1.82) is 0 Å². The van der Waals surface area contributed by atoms with Crippen LogP contribution in [0.25, 0.3) is 0 Å². The highest BCUT2D eigenvalue weighted by Crippen LogP contribution is 2.30. The first kappa shape index (κ1) is 21.6. The van der Waals surface area contributed by atoms with Crippen molar-refractivity contribution >= 4 is 34.1 Å². The number of hydrogen-bond donors (Lipinski definition) is 2. The minimum absolute atomic E-state index is 0.0598. The molecule has 2 rings (SSSR count). The fourth-order valence-electron chi connectivity index (χ4n) is 2.73. The second kappa shape index (κ2) is 10.0. The van der Waals surface area contributed by atoms with Crippen molar-refractivity contribution in [3.8, 4) is 0 Å². The van der Waals surface area contributed by atoms with Gasteiger partial charge in [0, 0.05) is 11.8 Å². The van der Waals surface area contributed by atoms with Gasteiger partial charge in [0.15, 0.2) is 0 Å². The first-order chi connectivity index (χ1) is 13.3. The van der Waals surface area contributed by atoms with Gasteiger partial charge in [-0.05, 0) is 31.9 Å². The minimum atomic E-state index is -0.453. The third kappa shape index (κ3) is 5.92. The highest BCUT2D eigenvalue weighted by molar-refractivity contribution is 7.16. The van der Waals surface area contributed by atoms with Gasteiger partial charge in [-0.2, -0.15) is 0 Å². The predicted molar refractivity (Wildman–Crippen MR) is 111 cm³/mol. The van der Waals surface area contributed by atoms with Gasteiger partial charge in [0.25, 0.3) is 0 Å². The summed E-state index contributed by atoms with van der Waals surface area (Å²) in [5, 5.41) is 6.11. The molecule has 1 atom stereocenters. The first-order valence-electron chi connectivity index (χ1n) is 9.27. The standard InChI is InChI=1S/C21H26N2O4S/c1-5-16-11-17(21(26)27-6-2)20(28-16)23-19(25)12-18(22-14(4)24)15-9-7-13(3)8-10-15/h7-11,18H,5-6,12H2,1-4H3,(H,22,24)(H,23,25)/t18-/m0/s1. The molecule has 0 radical (unpaired) electrons. The molecule has 0 bridgehead atoms. The molecule has 0 fully saturated rings. The third-order valence-corrected chi connectivity index (χ3v) is 5.32. The number of benzene rings is 1.